The quantitative estimate of drug-likeness (QED) is 0.841. The summed E-state index contributed by atoms with van der Waals surface area (Å²) >= 11 is 0. The van der Waals surface area contributed by atoms with E-state index in [0.717, 1.165) is 29.6 Å². The van der Waals surface area contributed by atoms with E-state index in [0.29, 0.717) is 12.6 Å². The molecule has 1 saturated heterocycles. The zero-order valence-electron chi connectivity index (χ0n) is 13.3. The SMILES string of the molecule is Cn1cccc1[C@@H]1CCCN1Cc1cc(=O)n(C)c(=O)n1C. The second kappa shape index (κ2) is 5.61. The molecule has 0 unspecified atom stereocenters. The van der Waals surface area contributed by atoms with Crippen LogP contribution >= 0.6 is 0 Å². The highest BCUT2D eigenvalue weighted by Gasteiger charge is 2.28. The van der Waals surface area contributed by atoms with Gasteiger partial charge in [0.15, 0.2) is 0 Å². The number of likely N-dealkylation sites (tertiary alicyclic amines) is 1. The fraction of sp³-hybridized carbons (Fsp3) is 0.500. The third kappa shape index (κ3) is 2.43. The fourth-order valence-corrected chi connectivity index (χ4v) is 3.31. The fourth-order valence-electron chi connectivity index (χ4n) is 3.31. The van der Waals surface area contributed by atoms with Gasteiger partial charge in [-0.2, -0.15) is 0 Å². The smallest absolute Gasteiger partial charge is 0.330 e. The van der Waals surface area contributed by atoms with Crippen LogP contribution in [0.5, 0.6) is 0 Å². The Morgan fingerprint density at radius 2 is 1.95 bits per heavy atom. The molecular weight excluding hydrogens is 280 g/mol. The average Bonchev–Trinajstić information content (AvgIpc) is 3.11. The molecule has 6 heteroatoms. The van der Waals surface area contributed by atoms with E-state index in [1.54, 1.807) is 17.7 Å². The topological polar surface area (TPSA) is 52.2 Å². The minimum Gasteiger partial charge on any atom is -0.353 e. The minimum atomic E-state index is -0.267. The Balaban J connectivity index is 1.92. The molecule has 3 rings (SSSR count). The number of nitrogens with zero attached hydrogens (tertiary/aromatic N) is 4. The van der Waals surface area contributed by atoms with Crippen LogP contribution in [0.4, 0.5) is 0 Å². The van der Waals surface area contributed by atoms with Gasteiger partial charge in [0.05, 0.1) is 6.04 Å². The summed E-state index contributed by atoms with van der Waals surface area (Å²) in [6.45, 7) is 1.61. The van der Waals surface area contributed by atoms with E-state index >= 15 is 0 Å². The summed E-state index contributed by atoms with van der Waals surface area (Å²) in [6.07, 6.45) is 4.30. The summed E-state index contributed by atoms with van der Waals surface area (Å²) < 4.78 is 4.86. The van der Waals surface area contributed by atoms with E-state index in [2.05, 4.69) is 34.8 Å². The predicted octanol–water partition coefficient (Wildman–Crippen LogP) is 0.760. The van der Waals surface area contributed by atoms with E-state index < -0.39 is 0 Å². The first-order valence-corrected chi connectivity index (χ1v) is 7.60. The lowest BCUT2D eigenvalue weighted by Gasteiger charge is -2.26. The van der Waals surface area contributed by atoms with Gasteiger partial charge in [-0.15, -0.1) is 0 Å². The lowest BCUT2D eigenvalue weighted by molar-refractivity contribution is 0.234. The highest BCUT2D eigenvalue weighted by Crippen LogP contribution is 2.32. The molecule has 118 valence electrons. The van der Waals surface area contributed by atoms with Gasteiger partial charge in [0.25, 0.3) is 5.56 Å². The van der Waals surface area contributed by atoms with Crippen LogP contribution in [0.15, 0.2) is 34.0 Å². The first-order valence-electron chi connectivity index (χ1n) is 7.60. The summed E-state index contributed by atoms with van der Waals surface area (Å²) in [5.41, 5.74) is 1.55. The van der Waals surface area contributed by atoms with Gasteiger partial charge in [-0.25, -0.2) is 4.79 Å². The molecule has 0 N–H and O–H groups in total. The normalized spacial score (nSPS) is 19.0. The second-order valence-electron chi connectivity index (χ2n) is 6.05. The van der Waals surface area contributed by atoms with Crippen molar-refractivity contribution in [3.63, 3.8) is 0 Å². The van der Waals surface area contributed by atoms with Crippen LogP contribution in [0.2, 0.25) is 0 Å². The molecule has 6 nitrogen and oxygen atoms in total. The summed E-state index contributed by atoms with van der Waals surface area (Å²) in [7, 11) is 5.29. The van der Waals surface area contributed by atoms with Gasteiger partial charge < -0.3 is 4.57 Å². The minimum absolute atomic E-state index is 0.243. The monoisotopic (exact) mass is 302 g/mol. The number of hydrogen-bond donors (Lipinski definition) is 0. The van der Waals surface area contributed by atoms with E-state index in [1.807, 2.05) is 0 Å². The first-order chi connectivity index (χ1) is 10.5. The maximum Gasteiger partial charge on any atom is 0.330 e. The molecule has 2 aromatic rings. The van der Waals surface area contributed by atoms with Gasteiger partial charge in [0, 0.05) is 51.3 Å². The second-order valence-corrected chi connectivity index (χ2v) is 6.05. The van der Waals surface area contributed by atoms with Crippen LogP contribution < -0.4 is 11.2 Å². The maximum absolute atomic E-state index is 12.1. The van der Waals surface area contributed by atoms with Crippen molar-refractivity contribution in [1.29, 1.82) is 0 Å². The van der Waals surface area contributed by atoms with Crippen molar-refractivity contribution in [2.24, 2.45) is 21.1 Å². The highest BCUT2D eigenvalue weighted by atomic mass is 16.2. The van der Waals surface area contributed by atoms with Gasteiger partial charge in [-0.1, -0.05) is 0 Å². The summed E-state index contributed by atoms with van der Waals surface area (Å²) in [5, 5.41) is 0. The Morgan fingerprint density at radius 3 is 2.64 bits per heavy atom. The zero-order valence-corrected chi connectivity index (χ0v) is 13.3. The maximum atomic E-state index is 12.1. The standard InChI is InChI=1S/C16H22N4O2/c1-17-8-4-6-13(17)14-7-5-9-20(14)11-12-10-15(21)19(3)16(22)18(12)2/h4,6,8,10,14H,5,7,9,11H2,1-3H3/t14-/m0/s1. The van der Waals surface area contributed by atoms with Gasteiger partial charge in [-0.3, -0.25) is 18.8 Å². The summed E-state index contributed by atoms with van der Waals surface area (Å²) in [4.78, 5) is 26.3. The average molecular weight is 302 g/mol. The lowest BCUT2D eigenvalue weighted by Crippen LogP contribution is -2.39. The molecule has 0 saturated carbocycles. The third-order valence-corrected chi connectivity index (χ3v) is 4.68. The van der Waals surface area contributed by atoms with E-state index in [4.69, 9.17) is 0 Å². The number of aromatic nitrogens is 3. The summed E-state index contributed by atoms with van der Waals surface area (Å²) in [5.74, 6) is 0. The number of rotatable bonds is 3. The molecule has 0 bridgehead atoms. The molecule has 0 aromatic carbocycles. The van der Waals surface area contributed by atoms with Crippen molar-refractivity contribution in [2.45, 2.75) is 25.4 Å². The Labute approximate surface area is 129 Å². The largest absolute Gasteiger partial charge is 0.353 e. The van der Waals surface area contributed by atoms with Crippen molar-refractivity contribution in [2.75, 3.05) is 6.54 Å². The molecule has 22 heavy (non-hydrogen) atoms. The van der Waals surface area contributed by atoms with Gasteiger partial charge in [-0.05, 0) is 31.5 Å². The molecule has 3 heterocycles. The van der Waals surface area contributed by atoms with Crippen LogP contribution in [-0.4, -0.2) is 25.1 Å². The van der Waals surface area contributed by atoms with Gasteiger partial charge in [0.1, 0.15) is 0 Å². The van der Waals surface area contributed by atoms with Crippen LogP contribution in [0.25, 0.3) is 0 Å². The first kappa shape index (κ1) is 14.8. The molecule has 0 radical (unpaired) electrons. The van der Waals surface area contributed by atoms with E-state index in [9.17, 15) is 9.59 Å². The predicted molar refractivity (Wildman–Crippen MR) is 84.7 cm³/mol. The van der Waals surface area contributed by atoms with Gasteiger partial charge in [0.2, 0.25) is 0 Å². The van der Waals surface area contributed by atoms with E-state index in [1.165, 1.54) is 12.7 Å². The number of aryl methyl sites for hydroxylation is 1. The Hall–Kier alpha value is -2.08. The van der Waals surface area contributed by atoms with Gasteiger partial charge >= 0.3 is 5.69 Å². The van der Waals surface area contributed by atoms with Crippen LogP contribution in [0.1, 0.15) is 30.3 Å². The lowest BCUT2D eigenvalue weighted by atomic mass is 10.1. The molecule has 2 aromatic heterocycles. The zero-order chi connectivity index (χ0) is 15.9. The van der Waals surface area contributed by atoms with Crippen LogP contribution in [0, 0.1) is 0 Å². The molecule has 1 aliphatic heterocycles. The number of hydrogen-bond acceptors (Lipinski definition) is 3. The molecule has 0 spiro atoms. The Morgan fingerprint density at radius 1 is 1.18 bits per heavy atom. The van der Waals surface area contributed by atoms with Crippen LogP contribution in [-0.2, 0) is 27.7 Å². The summed E-state index contributed by atoms with van der Waals surface area (Å²) in [6, 6.07) is 6.12. The van der Waals surface area contributed by atoms with Crippen molar-refractivity contribution in [1.82, 2.24) is 18.6 Å². The van der Waals surface area contributed by atoms with E-state index in [-0.39, 0.29) is 11.2 Å². The molecule has 0 aliphatic carbocycles. The molecule has 1 aliphatic rings. The van der Waals surface area contributed by atoms with Crippen LogP contribution in [0.3, 0.4) is 0 Å². The molecule has 1 atom stereocenters. The molecule has 0 amide bonds. The Kier molecular flexibility index (Phi) is 3.78. The third-order valence-electron chi connectivity index (χ3n) is 4.68. The molecule has 1 fully saturated rings. The van der Waals surface area contributed by atoms with Crippen molar-refractivity contribution >= 4 is 0 Å². The van der Waals surface area contributed by atoms with Crippen molar-refractivity contribution in [3.05, 3.63) is 56.6 Å². The highest BCUT2D eigenvalue weighted by molar-refractivity contribution is 5.14. The Bertz CT molecular complexity index is 799. The van der Waals surface area contributed by atoms with Crippen molar-refractivity contribution < 1.29 is 0 Å². The molecular formula is C16H22N4O2. The van der Waals surface area contributed by atoms with Crippen molar-refractivity contribution in [3.8, 4) is 0 Å².